The van der Waals surface area contributed by atoms with Crippen LogP contribution in [0, 0.1) is 17.8 Å². The Kier molecular flexibility index (Phi) is 129. The van der Waals surface area contributed by atoms with Crippen molar-refractivity contribution in [1.29, 1.82) is 0 Å². The predicted octanol–water partition coefficient (Wildman–Crippen LogP) is 41.3. The molecular weight excluding hydrogens is 1990 g/mol. The monoisotopic (exact) mass is 2230 g/mol. The minimum absolute atomic E-state index is 0. The molecule has 2 aromatic heterocycles. The average Bonchev–Trinajstić information content (AvgIpc) is 1.67. The van der Waals surface area contributed by atoms with E-state index in [1.165, 1.54) is 652 Å². The van der Waals surface area contributed by atoms with Gasteiger partial charge in [-0.15, -0.1) is 0 Å². The van der Waals surface area contributed by atoms with Crippen molar-refractivity contribution in [1.82, 2.24) is 14.1 Å². The van der Waals surface area contributed by atoms with E-state index in [4.69, 9.17) is 9.17 Å². The van der Waals surface area contributed by atoms with Crippen LogP contribution in [0.5, 0.6) is 0 Å². The maximum absolute atomic E-state index is 11.5. The van der Waals surface area contributed by atoms with Crippen molar-refractivity contribution in [3.8, 4) is 0 Å². The van der Waals surface area contributed by atoms with Crippen molar-refractivity contribution < 1.29 is 128 Å². The van der Waals surface area contributed by atoms with Crippen LogP contribution in [0.1, 0.15) is 685 Å². The Morgan fingerprint density at radius 1 is 0.262 bits per heavy atom. The molecule has 820 valence electrons. The molecule has 0 fully saturated rings. The number of aromatic nitrogens is 4. The van der Waals surface area contributed by atoms with Gasteiger partial charge >= 0.3 is 0 Å². The second-order valence-corrected chi connectivity index (χ2v) is 46.0. The Morgan fingerprint density at radius 2 is 0.440 bits per heavy atom. The standard InChI is InChI=1S/C45H83N2.C44H80N2.C38H78O3S.CH4.B.ClH.3Y/c1-4-6-8-10-12-14-16-18-20-22-24-26-28-30-32-34-38-43(41-47-42-46(3)44-39-35-36-40-45(44)47)37-33-31-29-27-25-23-21-19-17-15-13-11-9-7-5-2;1-3-5-7-9-11-13-15-17-19-21-23-25-27-29-31-33-37-42(40-46-41-45-43-38-34-35-39-44(43)46)36-32-30-28-26-24-22-20-18-16-14-12-10-8-6-4-2;1-4-6-8-10-12-14-16-18-20-22-24-26-28-30-32-34-36-38(37-41-42(3,39)40)35-33-31-29-27-25-23-21-19-17-15-13-11-9-7-5-2;;;;;;/h35-36,39-40,42-43H,4-34,37-38,41H2,1-3H3;34-35,38-39,41-42H,3-33,36-37,40H2,1-2H3;38H,4-37H2,1-3H3;1H4;;1H;;;/q+1;;;;;;;;/p-1. The Balaban J connectivity index is -0.000000644. The average molecular weight is 2230 g/mol. The zero-order valence-corrected chi connectivity index (χ0v) is 106. The van der Waals surface area contributed by atoms with Gasteiger partial charge in [-0.1, -0.05) is 670 Å². The first-order valence-electron chi connectivity index (χ1n) is 62.3. The number of rotatable bonds is 106. The number of aryl methyl sites for hydroxylation is 1. The van der Waals surface area contributed by atoms with Gasteiger partial charge in [0.05, 0.1) is 43.8 Å². The van der Waals surface area contributed by atoms with Gasteiger partial charge in [0.2, 0.25) is 6.33 Å². The summed E-state index contributed by atoms with van der Waals surface area (Å²) in [6, 6.07) is 17.7. The molecule has 0 spiro atoms. The topological polar surface area (TPSA) is 70.0 Å². The SMILES string of the molecule is C.CCCCCCCCCCCCCCCCCCC(CCCCCCCCCCCCCCCCC)COS(C)(=O)=O.CCCCCCCCCCCCCCCCCCC(CCCCCCCCCCCCCCCCC)Cn1c[n+](C)c2ccccc21.CCCCCCCCCCCCCCCCCCC(CCCCCCCCCCCCCCCCC)Cn1cnc2ccccc21.[B].[Cl-].[Y].[Y].[Y]. The number of nitrogens with zero attached hydrogens (tertiary/aromatic N) is 4. The molecule has 4 rings (SSSR count). The molecule has 0 N–H and O–H groups in total. The zero-order valence-electron chi connectivity index (χ0n) is 95.7. The zero-order chi connectivity index (χ0) is 96.9. The molecule has 0 aliphatic heterocycles. The van der Waals surface area contributed by atoms with E-state index in [0.29, 0.717) is 12.5 Å². The van der Waals surface area contributed by atoms with E-state index in [9.17, 15) is 8.42 Å². The smallest absolute Gasteiger partial charge is 0.264 e. The summed E-state index contributed by atoms with van der Waals surface area (Å²) in [4.78, 5) is 4.69. The van der Waals surface area contributed by atoms with E-state index in [1.54, 1.807) is 0 Å². The van der Waals surface area contributed by atoms with Crippen LogP contribution in [-0.2, 0) is 133 Å². The van der Waals surface area contributed by atoms with Gasteiger partial charge in [-0.25, -0.2) is 14.1 Å². The van der Waals surface area contributed by atoms with Crippen molar-refractivity contribution in [2.45, 2.75) is 698 Å². The minimum atomic E-state index is -3.34. The van der Waals surface area contributed by atoms with Crippen molar-refractivity contribution >= 4 is 40.6 Å². The number of imidazole rings is 2. The van der Waals surface area contributed by atoms with E-state index < -0.39 is 10.1 Å². The normalized spacial score (nSPS) is 12.0. The van der Waals surface area contributed by atoms with Gasteiger partial charge in [0.25, 0.3) is 10.1 Å². The largest absolute Gasteiger partial charge is 1.00 e. The van der Waals surface area contributed by atoms with E-state index in [2.05, 4.69) is 123 Å². The first kappa shape index (κ1) is 150. The number of unbranched alkanes of at least 4 members (excludes halogenated alkanes) is 87. The third kappa shape index (κ3) is 102. The maximum Gasteiger partial charge on any atom is 0.264 e. The van der Waals surface area contributed by atoms with E-state index in [1.807, 2.05) is 0 Å². The van der Waals surface area contributed by atoms with Crippen molar-refractivity contribution in [3.63, 3.8) is 0 Å². The van der Waals surface area contributed by atoms with Gasteiger partial charge in [0.1, 0.15) is 0 Å². The molecule has 141 heavy (non-hydrogen) atoms. The summed E-state index contributed by atoms with van der Waals surface area (Å²) in [5.74, 6) is 2.01. The van der Waals surface area contributed by atoms with Crippen LogP contribution in [0.2, 0.25) is 0 Å². The van der Waals surface area contributed by atoms with Gasteiger partial charge < -0.3 is 17.0 Å². The number of benzene rings is 2. The third-order valence-corrected chi connectivity index (χ3v) is 31.4. The summed E-state index contributed by atoms with van der Waals surface area (Å²) in [5.41, 5.74) is 5.23. The summed E-state index contributed by atoms with van der Waals surface area (Å²) in [5, 5.41) is 0. The molecule has 0 amide bonds. The second kappa shape index (κ2) is 121. The minimum Gasteiger partial charge on any atom is -1.00 e. The molecule has 0 saturated heterocycles. The molecule has 3 unspecified atom stereocenters. The van der Waals surface area contributed by atoms with Crippen LogP contribution in [-0.4, -0.2) is 43.8 Å². The summed E-state index contributed by atoms with van der Waals surface area (Å²) >= 11 is 0. The number of fused-ring (bicyclic) bond motifs is 2. The van der Waals surface area contributed by atoms with Crippen LogP contribution >= 0.6 is 0 Å². The van der Waals surface area contributed by atoms with Gasteiger partial charge in [-0.2, -0.15) is 8.42 Å². The molecule has 6 radical (unpaired) electrons. The molecule has 0 bridgehead atoms. The molecule has 0 aliphatic rings. The summed E-state index contributed by atoms with van der Waals surface area (Å²) in [6.07, 6.45) is 146. The third-order valence-electron chi connectivity index (χ3n) is 30.9. The number of halogens is 1. The van der Waals surface area contributed by atoms with Crippen LogP contribution in [0.15, 0.2) is 61.2 Å². The summed E-state index contributed by atoms with van der Waals surface area (Å²) < 4.78 is 35.6. The number of hydrogen-bond donors (Lipinski definition) is 0. The van der Waals surface area contributed by atoms with Crippen LogP contribution in [0.4, 0.5) is 0 Å². The molecule has 4 aromatic rings. The van der Waals surface area contributed by atoms with Gasteiger partial charge in [-0.05, 0) is 80.5 Å². The molecule has 13 heteroatoms. The summed E-state index contributed by atoms with van der Waals surface area (Å²) in [6.45, 7) is 16.5. The van der Waals surface area contributed by atoms with Crippen molar-refractivity contribution in [3.05, 3.63) is 61.2 Å². The van der Waals surface area contributed by atoms with Crippen LogP contribution in [0.25, 0.3) is 22.1 Å². The van der Waals surface area contributed by atoms with Crippen molar-refractivity contribution in [2.75, 3.05) is 12.9 Å². The first-order chi connectivity index (χ1) is 66.6. The van der Waals surface area contributed by atoms with E-state index in [0.717, 1.165) is 36.7 Å². The van der Waals surface area contributed by atoms with Crippen LogP contribution < -0.4 is 17.0 Å². The molecule has 2 aromatic carbocycles. The fourth-order valence-electron chi connectivity index (χ4n) is 21.7. The first-order valence-corrected chi connectivity index (χ1v) is 64.1. The molecule has 2 heterocycles. The van der Waals surface area contributed by atoms with E-state index in [-0.39, 0.29) is 126 Å². The van der Waals surface area contributed by atoms with Crippen molar-refractivity contribution in [2.24, 2.45) is 24.8 Å². The summed E-state index contributed by atoms with van der Waals surface area (Å²) in [7, 11) is -1.13. The van der Waals surface area contributed by atoms with Gasteiger partial charge in [-0.3, -0.25) is 4.18 Å². The molecule has 0 saturated carbocycles. The number of para-hydroxylation sites is 4. The Labute approximate surface area is 969 Å². The molecule has 7 nitrogen and oxygen atoms in total. The Bertz CT molecular complexity index is 3100. The Morgan fingerprint density at radius 3 is 0.652 bits per heavy atom. The number of hydrogen-bond acceptors (Lipinski definition) is 4. The van der Waals surface area contributed by atoms with Crippen LogP contribution in [0.3, 0.4) is 0 Å². The second-order valence-electron chi connectivity index (χ2n) is 44.3. The fourth-order valence-corrected chi connectivity index (χ4v) is 22.2. The molecule has 0 aliphatic carbocycles. The quantitative estimate of drug-likeness (QED) is 0.0191. The Hall–Kier alpha value is 0.957. The van der Waals surface area contributed by atoms with E-state index >= 15 is 0 Å². The maximum atomic E-state index is 11.5. The molecule has 3 atom stereocenters. The predicted molar refractivity (Wildman–Crippen MR) is 618 cm³/mol. The van der Waals surface area contributed by atoms with Gasteiger partial charge in [0.15, 0.2) is 11.0 Å². The van der Waals surface area contributed by atoms with Gasteiger partial charge in [0, 0.05) is 113 Å². The molecular formula is C128H245BClN4O3SY3. The fraction of sp³-hybridized carbons (Fsp3) is 0.891.